The summed E-state index contributed by atoms with van der Waals surface area (Å²) in [7, 11) is 3.50. The van der Waals surface area contributed by atoms with E-state index in [-0.39, 0.29) is 24.7 Å². The number of carbonyl (C=O) groups is 1. The van der Waals surface area contributed by atoms with Crippen molar-refractivity contribution in [3.63, 3.8) is 0 Å². The van der Waals surface area contributed by atoms with Crippen molar-refractivity contribution >= 4 is 5.91 Å². The smallest absolute Gasteiger partial charge is 0.231 e. The molecule has 1 aromatic carbocycles. The first-order valence-corrected chi connectivity index (χ1v) is 8.19. The first-order valence-electron chi connectivity index (χ1n) is 8.19. The molecule has 0 N–H and O–H groups in total. The number of benzene rings is 1. The highest BCUT2D eigenvalue weighted by Crippen LogP contribution is 2.33. The van der Waals surface area contributed by atoms with Crippen LogP contribution in [-0.2, 0) is 23.0 Å². The lowest BCUT2D eigenvalue weighted by molar-refractivity contribution is -0.129. The van der Waals surface area contributed by atoms with Crippen molar-refractivity contribution in [2.45, 2.75) is 18.4 Å². The van der Waals surface area contributed by atoms with Crippen LogP contribution >= 0.6 is 0 Å². The van der Waals surface area contributed by atoms with E-state index in [4.69, 9.17) is 14.2 Å². The van der Waals surface area contributed by atoms with Crippen molar-refractivity contribution in [3.05, 3.63) is 35.7 Å². The zero-order valence-corrected chi connectivity index (χ0v) is 14.2. The van der Waals surface area contributed by atoms with Gasteiger partial charge in [0.05, 0.1) is 24.1 Å². The van der Waals surface area contributed by atoms with Gasteiger partial charge in [0.15, 0.2) is 11.5 Å². The van der Waals surface area contributed by atoms with E-state index in [9.17, 15) is 4.79 Å². The third-order valence-corrected chi connectivity index (χ3v) is 4.71. The average molecular weight is 344 g/mol. The molecule has 2 aliphatic rings. The van der Waals surface area contributed by atoms with Gasteiger partial charge < -0.3 is 19.1 Å². The van der Waals surface area contributed by atoms with E-state index in [1.807, 2.05) is 36.3 Å². The van der Waals surface area contributed by atoms with E-state index < -0.39 is 0 Å². The van der Waals surface area contributed by atoms with Crippen LogP contribution in [0.4, 0.5) is 0 Å². The first kappa shape index (κ1) is 15.9. The Kier molecular flexibility index (Phi) is 4.04. The van der Waals surface area contributed by atoms with Crippen molar-refractivity contribution in [1.29, 1.82) is 0 Å². The Labute approximate surface area is 145 Å². The van der Waals surface area contributed by atoms with Gasteiger partial charge in [0.2, 0.25) is 12.7 Å². The van der Waals surface area contributed by atoms with Gasteiger partial charge in [-0.05, 0) is 17.7 Å². The number of ether oxygens (including phenoxy) is 3. The second kappa shape index (κ2) is 6.36. The van der Waals surface area contributed by atoms with E-state index in [1.165, 1.54) is 0 Å². The highest BCUT2D eigenvalue weighted by atomic mass is 16.7. The number of carbonyl (C=O) groups excluding carboxylic acids is 1. The SMILES string of the molecule is CO[C@@H]1CN(C(=O)Cc2ccc3c(c2)OCO3)C[C@H]1c1cn(C)nn1. The van der Waals surface area contributed by atoms with Crippen LogP contribution in [0, 0.1) is 0 Å². The molecule has 0 saturated carbocycles. The summed E-state index contributed by atoms with van der Waals surface area (Å²) in [6.07, 6.45) is 2.13. The molecule has 0 bridgehead atoms. The number of methoxy groups -OCH3 is 1. The van der Waals surface area contributed by atoms with Gasteiger partial charge in [0.1, 0.15) is 0 Å². The van der Waals surface area contributed by atoms with Crippen molar-refractivity contribution in [2.75, 3.05) is 27.0 Å². The van der Waals surface area contributed by atoms with Crippen LogP contribution in [0.1, 0.15) is 17.2 Å². The van der Waals surface area contributed by atoms with Crippen molar-refractivity contribution < 1.29 is 19.0 Å². The number of rotatable bonds is 4. The predicted octanol–water partition coefficient (Wildman–Crippen LogP) is 0.727. The van der Waals surface area contributed by atoms with Gasteiger partial charge in [-0.3, -0.25) is 9.48 Å². The topological polar surface area (TPSA) is 78.7 Å². The molecule has 8 nitrogen and oxygen atoms in total. The Morgan fingerprint density at radius 1 is 1.32 bits per heavy atom. The summed E-state index contributed by atoms with van der Waals surface area (Å²) in [6, 6.07) is 5.61. The van der Waals surface area contributed by atoms with Crippen LogP contribution in [-0.4, -0.2) is 58.9 Å². The standard InChI is InChI=1S/C17H20N4O4/c1-20-8-13(18-19-20)12-7-21(9-16(12)23-2)17(22)6-11-3-4-14-15(5-11)25-10-24-14/h3-5,8,12,16H,6-7,9-10H2,1-2H3/t12-,16+/m0/s1. The highest BCUT2D eigenvalue weighted by molar-refractivity contribution is 5.79. The number of hydrogen-bond donors (Lipinski definition) is 0. The summed E-state index contributed by atoms with van der Waals surface area (Å²) in [5.74, 6) is 1.52. The summed E-state index contributed by atoms with van der Waals surface area (Å²) in [5.41, 5.74) is 1.76. The Balaban J connectivity index is 1.45. The average Bonchev–Trinajstić information content (AvgIpc) is 3.32. The van der Waals surface area contributed by atoms with E-state index in [0.29, 0.717) is 25.3 Å². The third kappa shape index (κ3) is 3.05. The third-order valence-electron chi connectivity index (χ3n) is 4.71. The van der Waals surface area contributed by atoms with Crippen LogP contribution in [0.2, 0.25) is 0 Å². The molecule has 0 aliphatic carbocycles. The number of aryl methyl sites for hydroxylation is 1. The maximum atomic E-state index is 12.7. The number of fused-ring (bicyclic) bond motifs is 1. The summed E-state index contributed by atoms with van der Waals surface area (Å²) >= 11 is 0. The lowest BCUT2D eigenvalue weighted by atomic mass is 10.0. The zero-order chi connectivity index (χ0) is 17.4. The van der Waals surface area contributed by atoms with Crippen LogP contribution in [0.3, 0.4) is 0 Å². The molecule has 2 aliphatic heterocycles. The molecule has 0 radical (unpaired) electrons. The van der Waals surface area contributed by atoms with Gasteiger partial charge in [0, 0.05) is 33.4 Å². The van der Waals surface area contributed by atoms with E-state index in [0.717, 1.165) is 17.0 Å². The van der Waals surface area contributed by atoms with Crippen LogP contribution in [0.15, 0.2) is 24.4 Å². The van der Waals surface area contributed by atoms with Crippen molar-refractivity contribution in [2.24, 2.45) is 7.05 Å². The van der Waals surface area contributed by atoms with Gasteiger partial charge in [0.25, 0.3) is 0 Å². The number of aromatic nitrogens is 3. The van der Waals surface area contributed by atoms with Crippen molar-refractivity contribution in [3.8, 4) is 11.5 Å². The zero-order valence-electron chi connectivity index (χ0n) is 14.2. The fraction of sp³-hybridized carbons (Fsp3) is 0.471. The minimum absolute atomic E-state index is 0.0411. The molecule has 2 atom stereocenters. The van der Waals surface area contributed by atoms with E-state index in [1.54, 1.807) is 11.8 Å². The molecule has 1 amide bonds. The summed E-state index contributed by atoms with van der Waals surface area (Å²) in [5, 5.41) is 8.16. The molecular weight excluding hydrogens is 324 g/mol. The molecular formula is C17H20N4O4. The number of nitrogens with zero attached hydrogens (tertiary/aromatic N) is 4. The lowest BCUT2D eigenvalue weighted by Gasteiger charge is -2.16. The molecule has 0 spiro atoms. The van der Waals surface area contributed by atoms with Crippen LogP contribution in [0.25, 0.3) is 0 Å². The van der Waals surface area contributed by atoms with Crippen LogP contribution < -0.4 is 9.47 Å². The van der Waals surface area contributed by atoms with Gasteiger partial charge >= 0.3 is 0 Å². The molecule has 4 rings (SSSR count). The molecule has 2 aromatic rings. The maximum absolute atomic E-state index is 12.7. The number of likely N-dealkylation sites (tertiary alicyclic amines) is 1. The summed E-state index contributed by atoms with van der Waals surface area (Å²) in [6.45, 7) is 1.37. The van der Waals surface area contributed by atoms with Crippen LogP contribution in [0.5, 0.6) is 11.5 Å². The summed E-state index contributed by atoms with van der Waals surface area (Å²) < 4.78 is 17.9. The molecule has 132 valence electrons. The Bertz CT molecular complexity index is 791. The van der Waals surface area contributed by atoms with Gasteiger partial charge in [-0.2, -0.15) is 0 Å². The van der Waals surface area contributed by atoms with Gasteiger partial charge in [-0.15, -0.1) is 5.10 Å². The van der Waals surface area contributed by atoms with Gasteiger partial charge in [-0.1, -0.05) is 11.3 Å². The van der Waals surface area contributed by atoms with E-state index in [2.05, 4.69) is 10.3 Å². The molecule has 1 aromatic heterocycles. The predicted molar refractivity (Wildman–Crippen MR) is 87.4 cm³/mol. The maximum Gasteiger partial charge on any atom is 0.231 e. The molecule has 25 heavy (non-hydrogen) atoms. The number of hydrogen-bond acceptors (Lipinski definition) is 6. The minimum atomic E-state index is -0.0718. The largest absolute Gasteiger partial charge is 0.454 e. The second-order valence-electron chi connectivity index (χ2n) is 6.36. The quantitative estimate of drug-likeness (QED) is 0.814. The van der Waals surface area contributed by atoms with E-state index >= 15 is 0 Å². The molecule has 3 heterocycles. The monoisotopic (exact) mass is 344 g/mol. The molecule has 1 saturated heterocycles. The molecule has 0 unspecified atom stereocenters. The minimum Gasteiger partial charge on any atom is -0.454 e. The fourth-order valence-electron chi connectivity index (χ4n) is 3.37. The highest BCUT2D eigenvalue weighted by Gasteiger charge is 2.37. The molecule has 1 fully saturated rings. The first-order chi connectivity index (χ1) is 12.1. The van der Waals surface area contributed by atoms with Crippen molar-refractivity contribution in [1.82, 2.24) is 19.9 Å². The second-order valence-corrected chi connectivity index (χ2v) is 6.36. The Morgan fingerprint density at radius 2 is 2.16 bits per heavy atom. The number of amides is 1. The summed E-state index contributed by atoms with van der Waals surface area (Å²) in [4.78, 5) is 14.5. The Hall–Kier alpha value is -2.61. The Morgan fingerprint density at radius 3 is 2.92 bits per heavy atom. The normalized spacial score (nSPS) is 21.8. The molecule has 8 heteroatoms. The lowest BCUT2D eigenvalue weighted by Crippen LogP contribution is -2.31. The fourth-order valence-corrected chi connectivity index (χ4v) is 3.37. The van der Waals surface area contributed by atoms with Gasteiger partial charge in [-0.25, -0.2) is 0 Å².